The van der Waals surface area contributed by atoms with Crippen molar-refractivity contribution in [2.24, 2.45) is 5.73 Å². The first kappa shape index (κ1) is 12.8. The van der Waals surface area contributed by atoms with Gasteiger partial charge in [0.2, 0.25) is 0 Å². The number of rotatable bonds is 4. The fraction of sp³-hybridized carbons (Fsp3) is 0.900. The van der Waals surface area contributed by atoms with Crippen LogP contribution in [0.3, 0.4) is 0 Å². The summed E-state index contributed by atoms with van der Waals surface area (Å²) >= 11 is 4.90. The Morgan fingerprint density at radius 2 is 2.33 bits per heavy atom. The zero-order valence-corrected chi connectivity index (χ0v) is 10.2. The van der Waals surface area contributed by atoms with E-state index in [4.69, 9.17) is 27.8 Å². The summed E-state index contributed by atoms with van der Waals surface area (Å²) in [6, 6.07) is 0.322. The summed E-state index contributed by atoms with van der Waals surface area (Å²) in [5, 5.41) is 9.09. The molecule has 0 aliphatic carbocycles. The van der Waals surface area contributed by atoms with Gasteiger partial charge in [-0.15, -0.1) is 0 Å². The standard InChI is InChI=1S/C10H20N2O2S/c1-7(3-10(11)15)12-4-8(2)14-9(5-12)6-13/h7-9,13H,3-6H2,1-2H3,(H2,11,15). The monoisotopic (exact) mass is 232 g/mol. The lowest BCUT2D eigenvalue weighted by Gasteiger charge is -2.39. The van der Waals surface area contributed by atoms with Crippen molar-refractivity contribution in [2.75, 3.05) is 19.7 Å². The van der Waals surface area contributed by atoms with Crippen molar-refractivity contribution < 1.29 is 9.84 Å². The molecule has 1 fully saturated rings. The Morgan fingerprint density at radius 1 is 1.67 bits per heavy atom. The molecule has 15 heavy (non-hydrogen) atoms. The third kappa shape index (κ3) is 4.03. The van der Waals surface area contributed by atoms with Crippen molar-refractivity contribution in [3.8, 4) is 0 Å². The normalized spacial score (nSPS) is 30.1. The molecule has 1 rings (SSSR count). The molecule has 3 unspecified atom stereocenters. The quantitative estimate of drug-likeness (QED) is 0.675. The SMILES string of the molecule is CC1CN(C(C)CC(N)=S)CC(CO)O1. The smallest absolute Gasteiger partial charge is 0.0936 e. The summed E-state index contributed by atoms with van der Waals surface area (Å²) in [6.07, 6.45) is 0.799. The second kappa shape index (κ2) is 5.75. The Hall–Kier alpha value is -0.230. The molecule has 5 heteroatoms. The van der Waals surface area contributed by atoms with Gasteiger partial charge in [-0.05, 0) is 13.8 Å². The number of nitrogens with two attached hydrogens (primary N) is 1. The molecule has 0 radical (unpaired) electrons. The third-order valence-corrected chi connectivity index (χ3v) is 2.84. The van der Waals surface area contributed by atoms with Crippen LogP contribution in [0.15, 0.2) is 0 Å². The third-order valence-electron chi connectivity index (χ3n) is 2.68. The molecular formula is C10H20N2O2S. The number of aliphatic hydroxyl groups is 1. The molecule has 0 bridgehead atoms. The van der Waals surface area contributed by atoms with E-state index in [1.807, 2.05) is 6.92 Å². The number of aliphatic hydroxyl groups excluding tert-OH is 1. The first-order valence-electron chi connectivity index (χ1n) is 5.31. The van der Waals surface area contributed by atoms with Crippen molar-refractivity contribution in [1.82, 2.24) is 4.90 Å². The van der Waals surface area contributed by atoms with Crippen LogP contribution in [0.1, 0.15) is 20.3 Å². The van der Waals surface area contributed by atoms with E-state index < -0.39 is 0 Å². The molecular weight excluding hydrogens is 212 g/mol. The first-order valence-corrected chi connectivity index (χ1v) is 5.72. The van der Waals surface area contributed by atoms with Crippen molar-refractivity contribution >= 4 is 17.2 Å². The molecule has 3 N–H and O–H groups in total. The number of nitrogens with zero attached hydrogens (tertiary/aromatic N) is 1. The molecule has 0 amide bonds. The summed E-state index contributed by atoms with van der Waals surface area (Å²) < 4.78 is 5.57. The predicted octanol–water partition coefficient (Wildman–Crippen LogP) is 0.133. The van der Waals surface area contributed by atoms with Gasteiger partial charge < -0.3 is 15.6 Å². The van der Waals surface area contributed by atoms with Crippen molar-refractivity contribution in [2.45, 2.75) is 38.5 Å². The van der Waals surface area contributed by atoms with Crippen LogP contribution in [0.5, 0.6) is 0 Å². The second-order valence-corrected chi connectivity index (χ2v) is 4.75. The number of hydrogen-bond acceptors (Lipinski definition) is 4. The number of hydrogen-bond donors (Lipinski definition) is 2. The van der Waals surface area contributed by atoms with Gasteiger partial charge in [-0.2, -0.15) is 0 Å². The summed E-state index contributed by atoms with van der Waals surface area (Å²) in [5.41, 5.74) is 5.53. The lowest BCUT2D eigenvalue weighted by atomic mass is 10.1. The van der Waals surface area contributed by atoms with E-state index in [2.05, 4.69) is 11.8 Å². The highest BCUT2D eigenvalue weighted by atomic mass is 32.1. The Morgan fingerprint density at radius 3 is 2.87 bits per heavy atom. The highest BCUT2D eigenvalue weighted by Crippen LogP contribution is 2.15. The summed E-state index contributed by atoms with van der Waals surface area (Å²) in [4.78, 5) is 2.82. The van der Waals surface area contributed by atoms with E-state index in [-0.39, 0.29) is 18.8 Å². The van der Waals surface area contributed by atoms with Gasteiger partial charge in [0.1, 0.15) is 0 Å². The molecule has 1 aliphatic rings. The van der Waals surface area contributed by atoms with Crippen LogP contribution in [0, 0.1) is 0 Å². The average molecular weight is 232 g/mol. The fourth-order valence-electron chi connectivity index (χ4n) is 1.96. The van der Waals surface area contributed by atoms with Gasteiger partial charge in [0.05, 0.1) is 23.8 Å². The largest absolute Gasteiger partial charge is 0.394 e. The number of morpholine rings is 1. The van der Waals surface area contributed by atoms with Crippen LogP contribution in [0.2, 0.25) is 0 Å². The predicted molar refractivity (Wildman–Crippen MR) is 63.9 cm³/mol. The molecule has 0 saturated carbocycles. The highest BCUT2D eigenvalue weighted by Gasteiger charge is 2.27. The van der Waals surface area contributed by atoms with Crippen LogP contribution in [0.4, 0.5) is 0 Å². The molecule has 0 spiro atoms. The van der Waals surface area contributed by atoms with Crippen molar-refractivity contribution in [3.05, 3.63) is 0 Å². The summed E-state index contributed by atoms with van der Waals surface area (Å²) in [6.45, 7) is 5.82. The highest BCUT2D eigenvalue weighted by molar-refractivity contribution is 7.80. The number of ether oxygens (including phenoxy) is 1. The van der Waals surface area contributed by atoms with Gasteiger partial charge in [-0.3, -0.25) is 4.90 Å². The zero-order chi connectivity index (χ0) is 11.4. The van der Waals surface area contributed by atoms with Crippen LogP contribution in [-0.4, -0.2) is 52.9 Å². The number of thiocarbonyl (C=S) groups is 1. The Bertz CT molecular complexity index is 225. The van der Waals surface area contributed by atoms with Crippen LogP contribution in [0.25, 0.3) is 0 Å². The van der Waals surface area contributed by atoms with Gasteiger partial charge in [-0.1, -0.05) is 12.2 Å². The van der Waals surface area contributed by atoms with Crippen LogP contribution < -0.4 is 5.73 Å². The summed E-state index contributed by atoms with van der Waals surface area (Å²) in [7, 11) is 0. The molecule has 1 heterocycles. The minimum absolute atomic E-state index is 0.0701. The van der Waals surface area contributed by atoms with E-state index >= 15 is 0 Å². The Labute approximate surface area is 96.4 Å². The van der Waals surface area contributed by atoms with Gasteiger partial charge in [-0.25, -0.2) is 0 Å². The second-order valence-electron chi connectivity index (χ2n) is 4.22. The van der Waals surface area contributed by atoms with Crippen molar-refractivity contribution in [1.29, 1.82) is 0 Å². The van der Waals surface area contributed by atoms with Gasteiger partial charge >= 0.3 is 0 Å². The van der Waals surface area contributed by atoms with E-state index in [9.17, 15) is 0 Å². The molecule has 88 valence electrons. The molecule has 4 nitrogen and oxygen atoms in total. The maximum absolute atomic E-state index is 9.09. The molecule has 0 aromatic rings. The van der Waals surface area contributed by atoms with Crippen LogP contribution in [-0.2, 0) is 4.74 Å². The van der Waals surface area contributed by atoms with Crippen LogP contribution >= 0.6 is 12.2 Å². The van der Waals surface area contributed by atoms with E-state index in [0.29, 0.717) is 11.0 Å². The zero-order valence-electron chi connectivity index (χ0n) is 9.35. The van der Waals surface area contributed by atoms with Gasteiger partial charge in [0.25, 0.3) is 0 Å². The molecule has 0 aromatic carbocycles. The minimum atomic E-state index is -0.0810. The average Bonchev–Trinajstić information content (AvgIpc) is 2.15. The molecule has 0 aromatic heterocycles. The fourth-order valence-corrected chi connectivity index (χ4v) is 2.20. The van der Waals surface area contributed by atoms with E-state index in [0.717, 1.165) is 19.5 Å². The lowest BCUT2D eigenvalue weighted by Crippen LogP contribution is -2.51. The van der Waals surface area contributed by atoms with E-state index in [1.54, 1.807) is 0 Å². The lowest BCUT2D eigenvalue weighted by molar-refractivity contribution is -0.103. The van der Waals surface area contributed by atoms with Crippen molar-refractivity contribution in [3.63, 3.8) is 0 Å². The minimum Gasteiger partial charge on any atom is -0.394 e. The van der Waals surface area contributed by atoms with Gasteiger partial charge in [0.15, 0.2) is 0 Å². The molecule has 3 atom stereocenters. The summed E-state index contributed by atoms with van der Waals surface area (Å²) in [5.74, 6) is 0. The Balaban J connectivity index is 2.49. The van der Waals surface area contributed by atoms with Gasteiger partial charge in [0, 0.05) is 25.6 Å². The van der Waals surface area contributed by atoms with E-state index in [1.165, 1.54) is 0 Å². The maximum atomic E-state index is 9.09. The molecule has 1 aliphatic heterocycles. The first-order chi connectivity index (χ1) is 7.02. The topological polar surface area (TPSA) is 58.7 Å². The maximum Gasteiger partial charge on any atom is 0.0936 e. The Kier molecular flexibility index (Phi) is 4.92. The molecule has 1 saturated heterocycles.